The molecule has 0 aromatic carbocycles. The molecule has 7 heteroatoms. The molecule has 0 fully saturated rings. The molecule has 2 aromatic rings. The number of nitrogens with zero attached hydrogens (tertiary/aromatic N) is 2. The highest BCUT2D eigenvalue weighted by atomic mass is 79.9. The molecule has 0 bridgehead atoms. The summed E-state index contributed by atoms with van der Waals surface area (Å²) in [6.45, 7) is 0.939. The van der Waals surface area contributed by atoms with Crippen molar-refractivity contribution in [3.63, 3.8) is 0 Å². The Bertz CT molecular complexity index is 632. The molecule has 0 atom stereocenters. The molecule has 0 saturated carbocycles. The fourth-order valence-corrected chi connectivity index (χ4v) is 3.83. The molecule has 0 aliphatic carbocycles. The zero-order chi connectivity index (χ0) is 13.4. The smallest absolute Gasteiger partial charge is 0.193 e. The van der Waals surface area contributed by atoms with E-state index in [1.54, 1.807) is 16.0 Å². The number of nitrogens with one attached hydrogen (secondary N) is 1. The molecule has 1 aliphatic heterocycles. The quantitative estimate of drug-likeness (QED) is 0.770. The van der Waals surface area contributed by atoms with E-state index in [4.69, 9.17) is 18.0 Å². The van der Waals surface area contributed by atoms with Gasteiger partial charge in [0.15, 0.2) is 5.11 Å². The first-order valence-electron chi connectivity index (χ1n) is 6.08. The maximum atomic E-state index is 5.77. The van der Waals surface area contributed by atoms with Gasteiger partial charge in [-0.1, -0.05) is 0 Å². The van der Waals surface area contributed by atoms with Gasteiger partial charge in [-0.3, -0.25) is 0 Å². The lowest BCUT2D eigenvalue weighted by molar-refractivity contribution is 0.782. The molecule has 0 radical (unpaired) electrons. The molecule has 0 saturated heterocycles. The van der Waals surface area contributed by atoms with E-state index in [-0.39, 0.29) is 5.11 Å². The fraction of sp³-hybridized carbons (Fsp3) is 0.333. The second-order valence-corrected chi connectivity index (χ2v) is 7.29. The first-order valence-corrected chi connectivity index (χ1v) is 8.10. The van der Waals surface area contributed by atoms with E-state index in [0.29, 0.717) is 0 Å². The van der Waals surface area contributed by atoms with Crippen LogP contribution in [0.1, 0.15) is 18.4 Å². The maximum Gasteiger partial charge on any atom is 0.193 e. The van der Waals surface area contributed by atoms with E-state index >= 15 is 0 Å². The second-order valence-electron chi connectivity index (χ2n) is 4.41. The minimum atomic E-state index is 0.285. The van der Waals surface area contributed by atoms with Gasteiger partial charge in [-0.2, -0.15) is 9.78 Å². The van der Waals surface area contributed by atoms with E-state index < -0.39 is 0 Å². The number of thiocarbonyl (C=S) groups is 1. The molecular weight excluding hydrogens is 344 g/mol. The van der Waals surface area contributed by atoms with Crippen LogP contribution >= 0.6 is 39.5 Å². The summed E-state index contributed by atoms with van der Waals surface area (Å²) in [5.74, 6) is 0.963. The van der Waals surface area contributed by atoms with Crippen LogP contribution in [0.2, 0.25) is 0 Å². The summed E-state index contributed by atoms with van der Waals surface area (Å²) in [4.78, 5) is 1.14. The van der Waals surface area contributed by atoms with Crippen molar-refractivity contribution in [2.24, 2.45) is 5.73 Å². The minimum absolute atomic E-state index is 0.285. The summed E-state index contributed by atoms with van der Waals surface area (Å²) < 4.78 is 2.75. The van der Waals surface area contributed by atoms with Crippen molar-refractivity contribution in [2.45, 2.75) is 19.3 Å². The van der Waals surface area contributed by atoms with E-state index in [9.17, 15) is 0 Å². The number of thiophene rings is 1. The van der Waals surface area contributed by atoms with Gasteiger partial charge in [0.2, 0.25) is 0 Å². The summed E-state index contributed by atoms with van der Waals surface area (Å²) in [6.07, 6.45) is 3.32. The van der Waals surface area contributed by atoms with Gasteiger partial charge in [0.25, 0.3) is 0 Å². The number of rotatable bonds is 1. The van der Waals surface area contributed by atoms with Crippen molar-refractivity contribution in [3.8, 4) is 10.6 Å². The van der Waals surface area contributed by atoms with E-state index in [1.165, 1.54) is 5.56 Å². The number of nitrogens with two attached hydrogens (primary N) is 1. The SMILES string of the molecule is NC(=S)n1nc(-c2ccc(Br)s2)c2c1NCCCC2. The topological polar surface area (TPSA) is 55.9 Å². The summed E-state index contributed by atoms with van der Waals surface area (Å²) in [7, 11) is 0. The van der Waals surface area contributed by atoms with Gasteiger partial charge in [-0.15, -0.1) is 11.3 Å². The van der Waals surface area contributed by atoms with Crippen LogP contribution < -0.4 is 11.1 Å². The Labute approximate surface area is 129 Å². The van der Waals surface area contributed by atoms with Gasteiger partial charge in [0, 0.05) is 12.1 Å². The summed E-state index contributed by atoms with van der Waals surface area (Å²) >= 11 is 10.3. The Morgan fingerprint density at radius 2 is 2.32 bits per heavy atom. The lowest BCUT2D eigenvalue weighted by Gasteiger charge is -2.06. The molecule has 3 N–H and O–H groups in total. The highest BCUT2D eigenvalue weighted by Gasteiger charge is 2.22. The van der Waals surface area contributed by atoms with Crippen LogP contribution in [-0.2, 0) is 6.42 Å². The van der Waals surface area contributed by atoms with Crippen molar-refractivity contribution in [3.05, 3.63) is 21.5 Å². The van der Waals surface area contributed by atoms with Gasteiger partial charge >= 0.3 is 0 Å². The van der Waals surface area contributed by atoms with Crippen molar-refractivity contribution in [1.29, 1.82) is 0 Å². The maximum absolute atomic E-state index is 5.77. The van der Waals surface area contributed by atoms with Gasteiger partial charge in [-0.25, -0.2) is 0 Å². The standard InChI is InChI=1S/C12H13BrN4S2/c13-9-5-4-8(19-9)10-7-3-1-2-6-15-11(7)17(16-10)12(14)18/h4-5,15H,1-3,6H2,(H2,14,18). The Morgan fingerprint density at radius 3 is 3.00 bits per heavy atom. The number of aromatic nitrogens is 2. The fourth-order valence-electron chi connectivity index (χ4n) is 2.30. The first-order chi connectivity index (χ1) is 9.16. The van der Waals surface area contributed by atoms with Crippen LogP contribution in [0.4, 0.5) is 5.82 Å². The third kappa shape index (κ3) is 2.42. The zero-order valence-corrected chi connectivity index (χ0v) is 13.4. The summed E-state index contributed by atoms with van der Waals surface area (Å²) in [5.41, 5.74) is 7.99. The van der Waals surface area contributed by atoms with Gasteiger partial charge in [-0.05, 0) is 59.5 Å². The molecule has 3 rings (SSSR count). The normalized spacial score (nSPS) is 14.6. The number of hydrogen-bond acceptors (Lipinski definition) is 4. The highest BCUT2D eigenvalue weighted by molar-refractivity contribution is 9.11. The number of fused-ring (bicyclic) bond motifs is 1. The Hall–Kier alpha value is -0.920. The lowest BCUT2D eigenvalue weighted by atomic mass is 10.1. The van der Waals surface area contributed by atoms with Gasteiger partial charge < -0.3 is 11.1 Å². The van der Waals surface area contributed by atoms with Gasteiger partial charge in [0.05, 0.1) is 8.66 Å². The monoisotopic (exact) mass is 356 g/mol. The summed E-state index contributed by atoms with van der Waals surface area (Å²) in [6, 6.07) is 4.11. The second kappa shape index (κ2) is 5.22. The van der Waals surface area contributed by atoms with Crippen LogP contribution in [0.3, 0.4) is 0 Å². The Morgan fingerprint density at radius 1 is 1.47 bits per heavy atom. The molecule has 19 heavy (non-hydrogen) atoms. The van der Waals surface area contributed by atoms with Crippen LogP contribution in [0, 0.1) is 0 Å². The summed E-state index contributed by atoms with van der Waals surface area (Å²) in [5, 5.41) is 8.28. The number of halogens is 1. The molecule has 3 heterocycles. The van der Waals surface area contributed by atoms with Crippen LogP contribution in [0.15, 0.2) is 15.9 Å². The predicted octanol–water partition coefficient (Wildman–Crippen LogP) is 3.21. The van der Waals surface area contributed by atoms with E-state index in [2.05, 4.69) is 32.4 Å². The van der Waals surface area contributed by atoms with Crippen molar-refractivity contribution in [2.75, 3.05) is 11.9 Å². The molecular formula is C12H13BrN4S2. The molecule has 0 spiro atoms. The van der Waals surface area contributed by atoms with Crippen LogP contribution in [0.25, 0.3) is 10.6 Å². The van der Waals surface area contributed by atoms with Crippen molar-refractivity contribution < 1.29 is 0 Å². The van der Waals surface area contributed by atoms with Crippen molar-refractivity contribution in [1.82, 2.24) is 9.78 Å². The molecule has 100 valence electrons. The molecule has 1 aliphatic rings. The Balaban J connectivity index is 2.16. The lowest BCUT2D eigenvalue weighted by Crippen LogP contribution is -2.22. The Kier molecular flexibility index (Phi) is 3.60. The average Bonchev–Trinajstić information content (AvgIpc) is 2.86. The third-order valence-electron chi connectivity index (χ3n) is 3.14. The van der Waals surface area contributed by atoms with Crippen molar-refractivity contribution >= 4 is 50.4 Å². The van der Waals surface area contributed by atoms with E-state index in [0.717, 1.165) is 46.0 Å². The molecule has 0 unspecified atom stereocenters. The third-order valence-corrected chi connectivity index (χ3v) is 4.95. The molecule has 0 amide bonds. The van der Waals surface area contributed by atoms with Crippen LogP contribution in [0.5, 0.6) is 0 Å². The number of hydrogen-bond donors (Lipinski definition) is 2. The van der Waals surface area contributed by atoms with Crippen LogP contribution in [-0.4, -0.2) is 21.4 Å². The zero-order valence-electron chi connectivity index (χ0n) is 10.1. The molecule has 4 nitrogen and oxygen atoms in total. The first kappa shape index (κ1) is 13.1. The molecule has 2 aromatic heterocycles. The number of anilines is 1. The highest BCUT2D eigenvalue weighted by Crippen LogP contribution is 2.37. The average molecular weight is 357 g/mol. The van der Waals surface area contributed by atoms with Gasteiger partial charge in [0.1, 0.15) is 11.5 Å². The minimum Gasteiger partial charge on any atom is -0.374 e. The largest absolute Gasteiger partial charge is 0.374 e. The van der Waals surface area contributed by atoms with E-state index in [1.807, 2.05) is 6.07 Å². The predicted molar refractivity (Wildman–Crippen MR) is 86.9 cm³/mol.